The van der Waals surface area contributed by atoms with E-state index in [1.54, 1.807) is 72.4 Å². The highest BCUT2D eigenvalue weighted by atomic mass is 16.2. The second-order valence-corrected chi connectivity index (χ2v) is 7.03. The highest BCUT2D eigenvalue weighted by Gasteiger charge is 2.14. The van der Waals surface area contributed by atoms with Gasteiger partial charge < -0.3 is 21.3 Å². The summed E-state index contributed by atoms with van der Waals surface area (Å²) in [6, 6.07) is 13.8. The molecule has 0 saturated carbocycles. The molecule has 2 amide bonds. The number of anilines is 2. The van der Waals surface area contributed by atoms with Crippen LogP contribution in [0.15, 0.2) is 48.5 Å². The van der Waals surface area contributed by atoms with E-state index >= 15 is 0 Å². The number of nitrogens with two attached hydrogens (primary N) is 2. The Balaban J connectivity index is 1.79. The number of rotatable bonds is 9. The molecule has 0 heterocycles. The molecule has 158 valence electrons. The molecular weight excluding hydrogens is 380 g/mol. The molecule has 0 fully saturated rings. The van der Waals surface area contributed by atoms with Crippen molar-refractivity contribution in [3.63, 3.8) is 0 Å². The minimum absolute atomic E-state index is 0.0139. The van der Waals surface area contributed by atoms with Crippen molar-refractivity contribution in [3.8, 4) is 0 Å². The van der Waals surface area contributed by atoms with Crippen LogP contribution in [-0.4, -0.2) is 37.6 Å². The molecule has 6 N–H and O–H groups in total. The summed E-state index contributed by atoms with van der Waals surface area (Å²) < 4.78 is 0. The lowest BCUT2D eigenvalue weighted by atomic mass is 10.1. The number of hydrogen-bond acceptors (Lipinski definition) is 4. The monoisotopic (exact) mass is 408 g/mol. The van der Waals surface area contributed by atoms with Crippen molar-refractivity contribution in [3.05, 3.63) is 59.7 Å². The number of carbonyl (C=O) groups excluding carboxylic acids is 2. The molecule has 0 atom stereocenters. The third-order valence-electron chi connectivity index (χ3n) is 4.91. The van der Waals surface area contributed by atoms with E-state index in [1.165, 1.54) is 0 Å². The highest BCUT2D eigenvalue weighted by Crippen LogP contribution is 2.17. The van der Waals surface area contributed by atoms with Crippen molar-refractivity contribution in [2.24, 2.45) is 11.5 Å². The van der Waals surface area contributed by atoms with Gasteiger partial charge in [-0.1, -0.05) is 0 Å². The molecule has 0 radical (unpaired) electrons. The molecule has 0 bridgehead atoms. The minimum Gasteiger partial charge on any atom is -0.384 e. The van der Waals surface area contributed by atoms with Gasteiger partial charge in [-0.2, -0.15) is 0 Å². The van der Waals surface area contributed by atoms with Crippen LogP contribution in [0.4, 0.5) is 11.4 Å². The van der Waals surface area contributed by atoms with Gasteiger partial charge >= 0.3 is 0 Å². The SMILES string of the molecule is CN(C(=O)CCCCC(=O)N(C)c1ccc(C(=N)N)cc1)c1ccc(C(=N)N)cc1. The molecule has 2 aromatic rings. The van der Waals surface area contributed by atoms with Crippen LogP contribution in [0.5, 0.6) is 0 Å². The third-order valence-corrected chi connectivity index (χ3v) is 4.91. The Morgan fingerprint density at radius 3 is 1.27 bits per heavy atom. The van der Waals surface area contributed by atoms with E-state index in [4.69, 9.17) is 22.3 Å². The van der Waals surface area contributed by atoms with Gasteiger partial charge in [0.2, 0.25) is 11.8 Å². The second-order valence-electron chi connectivity index (χ2n) is 7.03. The third kappa shape index (κ3) is 5.91. The highest BCUT2D eigenvalue weighted by molar-refractivity contribution is 5.97. The van der Waals surface area contributed by atoms with E-state index in [9.17, 15) is 9.59 Å². The number of carbonyl (C=O) groups is 2. The van der Waals surface area contributed by atoms with E-state index in [2.05, 4.69) is 0 Å². The van der Waals surface area contributed by atoms with Crippen molar-refractivity contribution >= 4 is 34.9 Å². The fourth-order valence-corrected chi connectivity index (χ4v) is 2.91. The predicted octanol–water partition coefficient (Wildman–Crippen LogP) is 2.44. The summed E-state index contributed by atoms with van der Waals surface area (Å²) in [5, 5.41) is 14.8. The van der Waals surface area contributed by atoms with Crippen LogP contribution in [0.1, 0.15) is 36.8 Å². The van der Waals surface area contributed by atoms with Crippen LogP contribution in [0.3, 0.4) is 0 Å². The molecule has 0 aliphatic carbocycles. The van der Waals surface area contributed by atoms with E-state index in [0.717, 1.165) is 11.4 Å². The number of nitrogens with zero attached hydrogens (tertiary/aromatic N) is 2. The molecule has 0 aromatic heterocycles. The molecule has 2 aromatic carbocycles. The van der Waals surface area contributed by atoms with Gasteiger partial charge in [0.05, 0.1) is 0 Å². The zero-order valence-electron chi connectivity index (χ0n) is 17.3. The van der Waals surface area contributed by atoms with Crippen LogP contribution < -0.4 is 21.3 Å². The Morgan fingerprint density at radius 2 is 1.00 bits per heavy atom. The Labute approximate surface area is 176 Å². The molecule has 0 aliphatic heterocycles. The average molecular weight is 409 g/mol. The fourth-order valence-electron chi connectivity index (χ4n) is 2.91. The molecule has 0 aliphatic rings. The maximum absolute atomic E-state index is 12.4. The molecule has 30 heavy (non-hydrogen) atoms. The topological polar surface area (TPSA) is 140 Å². The Bertz CT molecular complexity index is 844. The lowest BCUT2D eigenvalue weighted by Crippen LogP contribution is -2.27. The molecule has 0 spiro atoms. The Hall–Kier alpha value is -3.68. The maximum Gasteiger partial charge on any atom is 0.226 e. The molecular formula is C22H28N6O2. The zero-order chi connectivity index (χ0) is 22.3. The fraction of sp³-hybridized carbons (Fsp3) is 0.273. The summed E-state index contributed by atoms with van der Waals surface area (Å²) in [5.41, 5.74) is 13.6. The van der Waals surface area contributed by atoms with Gasteiger partial charge in [-0.3, -0.25) is 20.4 Å². The Kier molecular flexibility index (Phi) is 7.69. The van der Waals surface area contributed by atoms with E-state index in [0.29, 0.717) is 36.8 Å². The average Bonchev–Trinajstić information content (AvgIpc) is 2.75. The van der Waals surface area contributed by atoms with Crippen molar-refractivity contribution in [1.82, 2.24) is 0 Å². The van der Waals surface area contributed by atoms with Crippen LogP contribution in [0.2, 0.25) is 0 Å². The normalized spacial score (nSPS) is 10.3. The molecule has 8 nitrogen and oxygen atoms in total. The van der Waals surface area contributed by atoms with Gasteiger partial charge in [0.1, 0.15) is 11.7 Å². The first-order valence-corrected chi connectivity index (χ1v) is 9.62. The first-order chi connectivity index (χ1) is 14.2. The van der Waals surface area contributed by atoms with Gasteiger partial charge in [0, 0.05) is 49.4 Å². The van der Waals surface area contributed by atoms with Crippen molar-refractivity contribution in [1.29, 1.82) is 10.8 Å². The molecule has 2 rings (SSSR count). The van der Waals surface area contributed by atoms with Gasteiger partial charge in [0.25, 0.3) is 0 Å². The van der Waals surface area contributed by atoms with Crippen LogP contribution in [0.25, 0.3) is 0 Å². The quantitative estimate of drug-likeness (QED) is 0.287. The number of amides is 2. The second kappa shape index (κ2) is 10.2. The van der Waals surface area contributed by atoms with Crippen LogP contribution >= 0.6 is 0 Å². The first-order valence-electron chi connectivity index (χ1n) is 9.62. The van der Waals surface area contributed by atoms with Gasteiger partial charge in [-0.05, 0) is 61.4 Å². The lowest BCUT2D eigenvalue weighted by Gasteiger charge is -2.19. The van der Waals surface area contributed by atoms with Crippen molar-refractivity contribution in [2.75, 3.05) is 23.9 Å². The molecule has 0 unspecified atom stereocenters. The summed E-state index contributed by atoms with van der Waals surface area (Å²) in [7, 11) is 3.41. The van der Waals surface area contributed by atoms with Gasteiger partial charge in [0.15, 0.2) is 0 Å². The summed E-state index contributed by atoms with van der Waals surface area (Å²) in [5.74, 6) is -0.0997. The van der Waals surface area contributed by atoms with Crippen molar-refractivity contribution in [2.45, 2.75) is 25.7 Å². The summed E-state index contributed by atoms with van der Waals surface area (Å²) in [6.45, 7) is 0. The summed E-state index contributed by atoms with van der Waals surface area (Å²) >= 11 is 0. The van der Waals surface area contributed by atoms with Gasteiger partial charge in [-0.15, -0.1) is 0 Å². The van der Waals surface area contributed by atoms with Gasteiger partial charge in [-0.25, -0.2) is 0 Å². The molecule has 8 heteroatoms. The lowest BCUT2D eigenvalue weighted by molar-refractivity contribution is -0.120. The first kappa shape index (κ1) is 22.6. The van der Waals surface area contributed by atoms with E-state index < -0.39 is 0 Å². The number of unbranched alkanes of at least 4 members (excludes halogenated alkanes) is 1. The van der Waals surface area contributed by atoms with E-state index in [-0.39, 0.29) is 23.5 Å². The summed E-state index contributed by atoms with van der Waals surface area (Å²) in [6.07, 6.45) is 1.90. The Morgan fingerprint density at radius 1 is 0.700 bits per heavy atom. The zero-order valence-corrected chi connectivity index (χ0v) is 17.3. The smallest absolute Gasteiger partial charge is 0.226 e. The van der Waals surface area contributed by atoms with Crippen molar-refractivity contribution < 1.29 is 9.59 Å². The van der Waals surface area contributed by atoms with E-state index in [1.807, 2.05) is 0 Å². The number of nitrogens with one attached hydrogen (secondary N) is 2. The largest absolute Gasteiger partial charge is 0.384 e. The minimum atomic E-state index is -0.0359. The number of nitrogen functional groups attached to an aromatic ring is 2. The predicted molar refractivity (Wildman–Crippen MR) is 120 cm³/mol. The molecule has 0 saturated heterocycles. The maximum atomic E-state index is 12.4. The summed E-state index contributed by atoms with van der Waals surface area (Å²) in [4.78, 5) is 27.9. The standard InChI is InChI=1S/C22H28N6O2/c1-27(17-11-7-15(8-12-17)21(23)24)19(29)5-3-4-6-20(30)28(2)18-13-9-16(10-14-18)22(25)26/h7-14H,3-6H2,1-2H3,(H3,23,24)(H3,25,26). The number of hydrogen-bond donors (Lipinski definition) is 4. The number of benzene rings is 2. The number of amidine groups is 2. The van der Waals surface area contributed by atoms with Crippen LogP contribution in [0, 0.1) is 10.8 Å². The van der Waals surface area contributed by atoms with Crippen LogP contribution in [-0.2, 0) is 9.59 Å².